The number of β-amino-alcohol motifs (C(OH)–C–C–N with tert-alkyl or cyclic N) is 1. The van der Waals surface area contributed by atoms with Crippen LogP contribution in [0.1, 0.15) is 41.4 Å². The molecule has 1 saturated heterocycles. The molecule has 130 valence electrons. The molecule has 2 aromatic carbocycles. The van der Waals surface area contributed by atoms with Crippen LogP contribution in [0, 0.1) is 18.3 Å². The Bertz CT molecular complexity index is 751. The Morgan fingerprint density at radius 1 is 1.24 bits per heavy atom. The molecule has 0 amide bonds. The summed E-state index contributed by atoms with van der Waals surface area (Å²) >= 11 is 0. The van der Waals surface area contributed by atoms with E-state index in [0.29, 0.717) is 18.7 Å². The average Bonchev–Trinajstić information content (AvgIpc) is 2.64. The summed E-state index contributed by atoms with van der Waals surface area (Å²) in [6.07, 6.45) is -0.545. The van der Waals surface area contributed by atoms with Crippen LogP contribution in [0.3, 0.4) is 0 Å². The zero-order valence-corrected chi connectivity index (χ0v) is 14.7. The maximum Gasteiger partial charge on any atom is 0.0991 e. The van der Waals surface area contributed by atoms with E-state index in [2.05, 4.69) is 36.9 Å². The lowest BCUT2D eigenvalue weighted by atomic mass is 10.00. The lowest BCUT2D eigenvalue weighted by Gasteiger charge is -2.39. The largest absolute Gasteiger partial charge is 0.387 e. The van der Waals surface area contributed by atoms with Crippen molar-refractivity contribution in [1.82, 2.24) is 4.90 Å². The van der Waals surface area contributed by atoms with Crippen LogP contribution >= 0.6 is 0 Å². The first-order chi connectivity index (χ1) is 12.1. The summed E-state index contributed by atoms with van der Waals surface area (Å²) in [4.78, 5) is 2.28. The Hall–Kier alpha value is -2.19. The number of benzene rings is 2. The van der Waals surface area contributed by atoms with E-state index in [4.69, 9.17) is 10.00 Å². The van der Waals surface area contributed by atoms with Crippen molar-refractivity contribution in [2.45, 2.75) is 32.1 Å². The molecule has 0 bridgehead atoms. The first-order valence-corrected chi connectivity index (χ1v) is 8.68. The van der Waals surface area contributed by atoms with Crippen LogP contribution < -0.4 is 0 Å². The fourth-order valence-electron chi connectivity index (χ4n) is 3.30. The molecule has 4 nitrogen and oxygen atoms in total. The highest BCUT2D eigenvalue weighted by Crippen LogP contribution is 2.28. The van der Waals surface area contributed by atoms with Crippen LogP contribution in [0.5, 0.6) is 0 Å². The third-order valence-corrected chi connectivity index (χ3v) is 4.93. The number of ether oxygens (including phenoxy) is 1. The molecule has 1 aliphatic rings. The molecule has 1 fully saturated rings. The molecule has 1 aliphatic heterocycles. The van der Waals surface area contributed by atoms with Gasteiger partial charge in [0, 0.05) is 19.1 Å². The number of rotatable bonds is 4. The third kappa shape index (κ3) is 4.08. The summed E-state index contributed by atoms with van der Waals surface area (Å²) in [5.74, 6) is 0. The minimum absolute atomic E-state index is 0.0329. The van der Waals surface area contributed by atoms with E-state index in [1.54, 1.807) is 12.1 Å². The van der Waals surface area contributed by atoms with Crippen LogP contribution in [-0.2, 0) is 4.74 Å². The van der Waals surface area contributed by atoms with E-state index >= 15 is 0 Å². The van der Waals surface area contributed by atoms with Gasteiger partial charge in [0.05, 0.1) is 30.4 Å². The molecular weight excluding hydrogens is 312 g/mol. The average molecular weight is 336 g/mol. The number of nitrogens with zero attached hydrogens (tertiary/aromatic N) is 2. The molecule has 0 saturated carbocycles. The van der Waals surface area contributed by atoms with Crippen LogP contribution in [-0.4, -0.2) is 35.7 Å². The van der Waals surface area contributed by atoms with Gasteiger partial charge in [-0.15, -0.1) is 0 Å². The van der Waals surface area contributed by atoms with Gasteiger partial charge < -0.3 is 9.84 Å². The van der Waals surface area contributed by atoms with Crippen molar-refractivity contribution in [3.63, 3.8) is 0 Å². The van der Waals surface area contributed by atoms with E-state index in [1.807, 2.05) is 24.3 Å². The van der Waals surface area contributed by atoms with Gasteiger partial charge in [-0.05, 0) is 42.7 Å². The van der Waals surface area contributed by atoms with Gasteiger partial charge in [0.25, 0.3) is 0 Å². The van der Waals surface area contributed by atoms with Crippen LogP contribution in [0.15, 0.2) is 48.5 Å². The number of morpholine rings is 1. The fraction of sp³-hybridized carbons (Fsp3) is 0.381. The molecule has 0 aliphatic carbocycles. The topological polar surface area (TPSA) is 56.5 Å². The zero-order chi connectivity index (χ0) is 17.8. The van der Waals surface area contributed by atoms with Crippen molar-refractivity contribution in [2.24, 2.45) is 0 Å². The zero-order valence-electron chi connectivity index (χ0n) is 14.7. The van der Waals surface area contributed by atoms with Gasteiger partial charge in [-0.1, -0.05) is 36.4 Å². The van der Waals surface area contributed by atoms with Gasteiger partial charge >= 0.3 is 0 Å². The van der Waals surface area contributed by atoms with Crippen molar-refractivity contribution in [1.29, 1.82) is 5.26 Å². The first kappa shape index (κ1) is 17.6. The second kappa shape index (κ2) is 7.79. The fourth-order valence-corrected chi connectivity index (χ4v) is 3.30. The van der Waals surface area contributed by atoms with E-state index in [9.17, 15) is 5.11 Å². The highest BCUT2D eigenvalue weighted by Gasteiger charge is 2.29. The van der Waals surface area contributed by atoms with Gasteiger partial charge in [-0.25, -0.2) is 0 Å². The minimum atomic E-state index is -0.578. The lowest BCUT2D eigenvalue weighted by Crippen LogP contribution is -2.46. The van der Waals surface area contributed by atoms with Gasteiger partial charge in [-0.2, -0.15) is 5.26 Å². The summed E-state index contributed by atoms with van der Waals surface area (Å²) in [7, 11) is 0. The van der Waals surface area contributed by atoms with Crippen LogP contribution in [0.2, 0.25) is 0 Å². The number of hydrogen-bond acceptors (Lipinski definition) is 4. The predicted octanol–water partition coefficient (Wildman–Crippen LogP) is 3.36. The minimum Gasteiger partial charge on any atom is -0.387 e. The summed E-state index contributed by atoms with van der Waals surface area (Å²) in [6.45, 7) is 6.20. The molecule has 25 heavy (non-hydrogen) atoms. The van der Waals surface area contributed by atoms with Crippen molar-refractivity contribution >= 4 is 0 Å². The van der Waals surface area contributed by atoms with E-state index in [-0.39, 0.29) is 12.1 Å². The first-order valence-electron chi connectivity index (χ1n) is 8.68. The van der Waals surface area contributed by atoms with E-state index in [0.717, 1.165) is 12.1 Å². The Kier molecular flexibility index (Phi) is 5.50. The molecule has 3 atom stereocenters. The Balaban J connectivity index is 1.70. The normalized spacial score (nSPS) is 22.3. The van der Waals surface area contributed by atoms with Crippen LogP contribution in [0.4, 0.5) is 0 Å². The highest BCUT2D eigenvalue weighted by molar-refractivity contribution is 5.32. The molecular formula is C21H24N2O2. The monoisotopic (exact) mass is 336 g/mol. The number of aryl methyl sites for hydroxylation is 1. The highest BCUT2D eigenvalue weighted by atomic mass is 16.5. The molecule has 0 spiro atoms. The van der Waals surface area contributed by atoms with Crippen molar-refractivity contribution in [3.8, 4) is 6.07 Å². The van der Waals surface area contributed by atoms with Crippen molar-refractivity contribution in [2.75, 3.05) is 19.7 Å². The second-order valence-electron chi connectivity index (χ2n) is 6.73. The number of aliphatic hydroxyl groups excluding tert-OH is 1. The number of aliphatic hydroxyl groups is 1. The molecule has 0 radical (unpaired) electrons. The van der Waals surface area contributed by atoms with Gasteiger partial charge in [0.15, 0.2) is 0 Å². The molecule has 2 aromatic rings. The smallest absolute Gasteiger partial charge is 0.0991 e. The quantitative estimate of drug-likeness (QED) is 0.930. The van der Waals surface area contributed by atoms with E-state index in [1.165, 1.54) is 11.1 Å². The Labute approximate surface area is 149 Å². The van der Waals surface area contributed by atoms with Crippen LogP contribution in [0.25, 0.3) is 0 Å². The van der Waals surface area contributed by atoms with Gasteiger partial charge in [0.1, 0.15) is 0 Å². The second-order valence-corrected chi connectivity index (χ2v) is 6.73. The van der Waals surface area contributed by atoms with Gasteiger partial charge in [-0.3, -0.25) is 4.90 Å². The van der Waals surface area contributed by atoms with Gasteiger partial charge in [0.2, 0.25) is 0 Å². The Morgan fingerprint density at radius 2 is 1.96 bits per heavy atom. The maximum absolute atomic E-state index is 10.6. The predicted molar refractivity (Wildman–Crippen MR) is 97.0 cm³/mol. The third-order valence-electron chi connectivity index (χ3n) is 4.93. The molecule has 3 unspecified atom stereocenters. The summed E-state index contributed by atoms with van der Waals surface area (Å²) in [5.41, 5.74) is 3.89. The number of nitriles is 1. The molecule has 0 aromatic heterocycles. The molecule has 1 heterocycles. The van der Waals surface area contributed by atoms with Crippen molar-refractivity contribution in [3.05, 3.63) is 70.8 Å². The molecule has 1 N–H and O–H groups in total. The Morgan fingerprint density at radius 3 is 2.64 bits per heavy atom. The molecule has 4 heteroatoms. The number of hydrogen-bond donors (Lipinski definition) is 1. The SMILES string of the molecule is Cc1ccccc1C1CN(CC(O)c2ccc(C#N)cc2)C(C)CO1. The summed E-state index contributed by atoms with van der Waals surface area (Å²) in [5, 5.41) is 19.5. The van der Waals surface area contributed by atoms with Crippen molar-refractivity contribution < 1.29 is 9.84 Å². The lowest BCUT2D eigenvalue weighted by molar-refractivity contribution is -0.0718. The summed E-state index contributed by atoms with van der Waals surface area (Å²) in [6, 6.07) is 17.8. The van der Waals surface area contributed by atoms with E-state index < -0.39 is 6.10 Å². The maximum atomic E-state index is 10.6. The molecule has 3 rings (SSSR count). The summed E-state index contributed by atoms with van der Waals surface area (Å²) < 4.78 is 6.05. The standard InChI is InChI=1S/C21H24N2O2/c1-15-5-3-4-6-19(15)21-13-23(16(2)14-25-21)12-20(24)18-9-7-17(11-22)8-10-18/h3-10,16,20-21,24H,12-14H2,1-2H3.